The molecule has 3 aromatic rings. The van der Waals surface area contributed by atoms with Crippen molar-refractivity contribution in [3.05, 3.63) is 103 Å². The van der Waals surface area contributed by atoms with Gasteiger partial charge in [0.05, 0.1) is 26.7 Å². The van der Waals surface area contributed by atoms with Crippen molar-refractivity contribution < 1.29 is 23.4 Å². The van der Waals surface area contributed by atoms with Crippen molar-refractivity contribution in [2.24, 2.45) is 0 Å². The minimum atomic E-state index is -2.46. The van der Waals surface area contributed by atoms with Gasteiger partial charge in [0.15, 0.2) is 25.9 Å². The Morgan fingerprint density at radius 3 is 1.80 bits per heavy atom. The highest BCUT2D eigenvalue weighted by Gasteiger charge is 2.45. The van der Waals surface area contributed by atoms with Crippen LogP contribution >= 0.6 is 46.4 Å². The van der Waals surface area contributed by atoms with Gasteiger partial charge in [0, 0.05) is 11.5 Å². The first kappa shape index (κ1) is 37.3. The van der Waals surface area contributed by atoms with Crippen LogP contribution in [0.4, 0.5) is 0 Å². The molecule has 0 N–H and O–H groups in total. The molecule has 0 unspecified atom stereocenters. The van der Waals surface area contributed by atoms with E-state index in [-0.39, 0.29) is 24.9 Å². The summed E-state index contributed by atoms with van der Waals surface area (Å²) in [6, 6.07) is 14.5. The van der Waals surface area contributed by atoms with Gasteiger partial charge in [0.1, 0.15) is 13.2 Å². The number of esters is 1. The van der Waals surface area contributed by atoms with Gasteiger partial charge in [-0.3, -0.25) is 0 Å². The molecule has 244 valence electrons. The molecule has 0 spiro atoms. The topological polar surface area (TPSA) is 54.0 Å². The van der Waals surface area contributed by atoms with E-state index in [0.29, 0.717) is 42.7 Å². The zero-order valence-electron chi connectivity index (χ0n) is 27.2. The van der Waals surface area contributed by atoms with Gasteiger partial charge in [-0.05, 0) is 79.9 Å². The number of ether oxygens (including phenoxy) is 3. The fraction of sp³-hybridized carbons (Fsp3) is 0.400. The van der Waals surface area contributed by atoms with Crippen molar-refractivity contribution in [2.45, 2.75) is 84.9 Å². The van der Waals surface area contributed by atoms with E-state index >= 15 is 0 Å². The summed E-state index contributed by atoms with van der Waals surface area (Å²) in [6.45, 7) is 21.1. The lowest BCUT2D eigenvalue weighted by Crippen LogP contribution is -2.48. The first-order valence-electron chi connectivity index (χ1n) is 14.7. The largest absolute Gasteiger partial charge is 0.485 e. The van der Waals surface area contributed by atoms with Crippen molar-refractivity contribution in [2.75, 3.05) is 6.61 Å². The maximum Gasteiger partial charge on any atom is 0.334 e. The molecule has 0 saturated carbocycles. The lowest BCUT2D eigenvalue weighted by atomic mass is 9.86. The maximum atomic E-state index is 13.7. The molecule has 2 atom stereocenters. The molecule has 5 nitrogen and oxygen atoms in total. The van der Waals surface area contributed by atoms with Gasteiger partial charge in [-0.25, -0.2) is 4.79 Å². The van der Waals surface area contributed by atoms with Crippen LogP contribution in [-0.2, 0) is 27.2 Å². The lowest BCUT2D eigenvalue weighted by Gasteiger charge is -2.41. The number of benzene rings is 3. The highest BCUT2D eigenvalue weighted by molar-refractivity contribution is 6.74. The molecule has 0 radical (unpaired) electrons. The Morgan fingerprint density at radius 1 is 0.844 bits per heavy atom. The standard InChI is InChI=1S/C35H42Cl4O5Si/c1-10-41-34(40)33(44-45(8,9)35(5,6)7)30(21(2)3)25-14-11-22(4)31(42-19-23-12-15-26(36)28(38)17-23)32(25)43-20-24-13-16-27(37)29(39)18-24/h11-18,30,33H,2,10,19-20H2,1,3-9H3/t30-,33+/m1/s1. The van der Waals surface area contributed by atoms with Crippen LogP contribution in [0.25, 0.3) is 0 Å². The van der Waals surface area contributed by atoms with Crippen LogP contribution in [0, 0.1) is 6.92 Å². The predicted molar refractivity (Wildman–Crippen MR) is 189 cm³/mol. The average molecular weight is 713 g/mol. The van der Waals surface area contributed by atoms with Crippen LogP contribution in [0.2, 0.25) is 38.2 Å². The third kappa shape index (κ3) is 9.43. The van der Waals surface area contributed by atoms with Crippen molar-refractivity contribution in [1.82, 2.24) is 0 Å². The molecule has 0 saturated heterocycles. The van der Waals surface area contributed by atoms with Crippen molar-refractivity contribution in [3.63, 3.8) is 0 Å². The second-order valence-electron chi connectivity index (χ2n) is 12.6. The Kier molecular flexibility index (Phi) is 12.9. The highest BCUT2D eigenvalue weighted by Crippen LogP contribution is 2.46. The van der Waals surface area contributed by atoms with Gasteiger partial charge in [0.25, 0.3) is 0 Å². The Hall–Kier alpha value is -2.19. The number of hydrogen-bond donors (Lipinski definition) is 0. The predicted octanol–water partition coefficient (Wildman–Crippen LogP) is 11.4. The quantitative estimate of drug-likeness (QED) is 0.100. The SMILES string of the molecule is C=C(C)[C@H](c1ccc(C)c(OCc2ccc(Cl)c(Cl)c2)c1OCc1ccc(Cl)c(Cl)c1)[C@H](O[Si](C)(C)C(C)(C)C)C(=O)OCC. The van der Waals surface area contributed by atoms with Crippen LogP contribution in [0.3, 0.4) is 0 Å². The minimum absolute atomic E-state index is 0.159. The molecule has 0 aliphatic rings. The summed E-state index contributed by atoms with van der Waals surface area (Å²) < 4.78 is 25.4. The summed E-state index contributed by atoms with van der Waals surface area (Å²) in [5, 5.41) is 1.60. The maximum absolute atomic E-state index is 13.7. The number of halogens is 4. The summed E-state index contributed by atoms with van der Waals surface area (Å²) in [7, 11) is -2.46. The second kappa shape index (κ2) is 15.6. The van der Waals surface area contributed by atoms with Gasteiger partial charge < -0.3 is 18.6 Å². The van der Waals surface area contributed by atoms with E-state index < -0.39 is 26.3 Å². The minimum Gasteiger partial charge on any atom is -0.485 e. The highest BCUT2D eigenvalue weighted by atomic mass is 35.5. The number of carbonyl (C=O) groups is 1. The molecular weight excluding hydrogens is 670 g/mol. The summed E-state index contributed by atoms with van der Waals surface area (Å²) >= 11 is 24.9. The van der Waals surface area contributed by atoms with Crippen molar-refractivity contribution in [3.8, 4) is 11.5 Å². The van der Waals surface area contributed by atoms with Gasteiger partial charge in [-0.15, -0.1) is 0 Å². The van der Waals surface area contributed by atoms with Gasteiger partial charge >= 0.3 is 5.97 Å². The molecule has 3 aromatic carbocycles. The van der Waals surface area contributed by atoms with Crippen molar-refractivity contribution in [1.29, 1.82) is 0 Å². The summed E-state index contributed by atoms with van der Waals surface area (Å²) in [5.74, 6) is -0.0819. The summed E-state index contributed by atoms with van der Waals surface area (Å²) in [5.41, 5.74) is 3.87. The zero-order valence-corrected chi connectivity index (χ0v) is 31.2. The molecule has 3 rings (SSSR count). The average Bonchev–Trinajstić information content (AvgIpc) is 2.94. The Bertz CT molecular complexity index is 1530. The molecular formula is C35H42Cl4O5Si. The molecule has 45 heavy (non-hydrogen) atoms. The Labute approximate surface area is 288 Å². The lowest BCUT2D eigenvalue weighted by molar-refractivity contribution is -0.152. The smallest absolute Gasteiger partial charge is 0.334 e. The molecule has 10 heteroatoms. The number of rotatable bonds is 13. The summed E-state index contributed by atoms with van der Waals surface area (Å²) in [4.78, 5) is 13.7. The molecule has 0 aliphatic heterocycles. The third-order valence-electron chi connectivity index (χ3n) is 7.99. The normalized spacial score (nSPS) is 13.2. The zero-order chi connectivity index (χ0) is 33.7. The van der Waals surface area contributed by atoms with E-state index in [9.17, 15) is 4.79 Å². The molecule has 0 aromatic heterocycles. The Balaban J connectivity index is 2.19. The van der Waals surface area contributed by atoms with Crippen LogP contribution < -0.4 is 9.47 Å². The fourth-order valence-electron chi connectivity index (χ4n) is 4.48. The third-order valence-corrected chi connectivity index (χ3v) is 13.9. The molecule has 0 aliphatic carbocycles. The van der Waals surface area contributed by atoms with E-state index in [4.69, 9.17) is 65.0 Å². The van der Waals surface area contributed by atoms with E-state index in [0.717, 1.165) is 16.7 Å². The first-order valence-corrected chi connectivity index (χ1v) is 19.2. The van der Waals surface area contributed by atoms with Crippen molar-refractivity contribution >= 4 is 60.7 Å². The van der Waals surface area contributed by atoms with Crippen LogP contribution in [0.15, 0.2) is 60.7 Å². The van der Waals surface area contributed by atoms with E-state index in [2.05, 4.69) is 40.4 Å². The van der Waals surface area contributed by atoms with E-state index in [1.807, 2.05) is 38.1 Å². The van der Waals surface area contributed by atoms with Crippen LogP contribution in [0.5, 0.6) is 11.5 Å². The van der Waals surface area contributed by atoms with Crippen LogP contribution in [0.1, 0.15) is 62.8 Å². The monoisotopic (exact) mass is 710 g/mol. The van der Waals surface area contributed by atoms with E-state index in [1.165, 1.54) is 0 Å². The van der Waals surface area contributed by atoms with E-state index in [1.54, 1.807) is 31.2 Å². The van der Waals surface area contributed by atoms with Crippen LogP contribution in [-0.4, -0.2) is 27.0 Å². The first-order chi connectivity index (χ1) is 21.0. The van der Waals surface area contributed by atoms with Gasteiger partial charge in [-0.1, -0.05) is 104 Å². The molecule has 0 amide bonds. The summed E-state index contributed by atoms with van der Waals surface area (Å²) in [6.07, 6.45) is -0.957. The molecule has 0 heterocycles. The second-order valence-corrected chi connectivity index (χ2v) is 19.0. The number of hydrogen-bond acceptors (Lipinski definition) is 5. The number of carbonyl (C=O) groups excluding carboxylic acids is 1. The van der Waals surface area contributed by atoms with Gasteiger partial charge in [-0.2, -0.15) is 0 Å². The fourth-order valence-corrected chi connectivity index (χ4v) is 6.34. The molecule has 0 fully saturated rings. The molecule has 0 bridgehead atoms. The van der Waals surface area contributed by atoms with Gasteiger partial charge in [0.2, 0.25) is 0 Å². The Morgan fingerprint density at radius 2 is 1.36 bits per heavy atom. The number of aryl methyl sites for hydroxylation is 1.